The molecule has 0 atom stereocenters. The molecule has 2 heteroatoms. The second-order valence-electron chi connectivity index (χ2n) is 11.7. The molecule has 0 unspecified atom stereocenters. The molecule has 2 nitrogen and oxygen atoms in total. The highest BCUT2D eigenvalue weighted by Crippen LogP contribution is 2.44. The average molecular weight is 560 g/mol. The van der Waals surface area contributed by atoms with Crippen LogP contribution in [0, 0.1) is 0 Å². The van der Waals surface area contributed by atoms with E-state index in [1.54, 1.807) is 0 Å². The molecule has 0 aliphatic carbocycles. The molecule has 10 rings (SSSR count). The summed E-state index contributed by atoms with van der Waals surface area (Å²) in [5.41, 5.74) is 10.2. The normalized spacial score (nSPS) is 12.1. The standard InChI is InChI=1S/C42H25NO/c1-3-9-26(10-4-1)31-20-15-27-18-23-34-32(21-16-28-17-22-33(31)39(27)40(28)34)29-19-24-37-36(25-29)42-41(35-13-7-8-14-38(35)44-42)43(37)30-11-5-2-6-12-30/h1-25H. The highest BCUT2D eigenvalue weighted by atomic mass is 16.3. The minimum absolute atomic E-state index is 0.909. The summed E-state index contributed by atoms with van der Waals surface area (Å²) >= 11 is 0. The molecular weight excluding hydrogens is 534 g/mol. The Balaban J connectivity index is 1.26. The van der Waals surface area contributed by atoms with Crippen LogP contribution < -0.4 is 0 Å². The lowest BCUT2D eigenvalue weighted by Crippen LogP contribution is -1.93. The van der Waals surface area contributed by atoms with E-state index in [-0.39, 0.29) is 0 Å². The molecule has 2 heterocycles. The Labute approximate surface area is 253 Å². The molecule has 0 bridgehead atoms. The summed E-state index contributed by atoms with van der Waals surface area (Å²) in [4.78, 5) is 0. The Morgan fingerprint density at radius 1 is 0.432 bits per heavy atom. The second-order valence-corrected chi connectivity index (χ2v) is 11.7. The zero-order valence-corrected chi connectivity index (χ0v) is 23.8. The van der Waals surface area contributed by atoms with Crippen LogP contribution in [0.15, 0.2) is 156 Å². The Hall–Kier alpha value is -5.86. The highest BCUT2D eigenvalue weighted by Gasteiger charge is 2.21. The molecule has 8 aromatic carbocycles. The van der Waals surface area contributed by atoms with Crippen molar-refractivity contribution < 1.29 is 4.42 Å². The molecule has 44 heavy (non-hydrogen) atoms. The van der Waals surface area contributed by atoms with E-state index in [1.807, 2.05) is 6.07 Å². The molecule has 0 saturated carbocycles. The Morgan fingerprint density at radius 3 is 1.77 bits per heavy atom. The summed E-state index contributed by atoms with van der Waals surface area (Å²) in [6.07, 6.45) is 0. The fourth-order valence-corrected chi connectivity index (χ4v) is 7.40. The summed E-state index contributed by atoms with van der Waals surface area (Å²) < 4.78 is 8.92. The van der Waals surface area contributed by atoms with Crippen LogP contribution in [0.5, 0.6) is 0 Å². The molecule has 0 aliphatic rings. The van der Waals surface area contributed by atoms with Crippen LogP contribution >= 0.6 is 0 Å². The monoisotopic (exact) mass is 559 g/mol. The van der Waals surface area contributed by atoms with Gasteiger partial charge in [-0.15, -0.1) is 0 Å². The number of hydrogen-bond acceptors (Lipinski definition) is 1. The van der Waals surface area contributed by atoms with Crippen molar-refractivity contribution in [2.45, 2.75) is 0 Å². The summed E-state index contributed by atoms with van der Waals surface area (Å²) in [5, 5.41) is 10.0. The molecule has 0 fully saturated rings. The van der Waals surface area contributed by atoms with E-state index in [0.717, 1.165) is 38.7 Å². The van der Waals surface area contributed by atoms with Gasteiger partial charge in [0.05, 0.1) is 5.52 Å². The van der Waals surface area contributed by atoms with Gasteiger partial charge in [0, 0.05) is 16.5 Å². The van der Waals surface area contributed by atoms with Gasteiger partial charge in [-0.1, -0.05) is 115 Å². The van der Waals surface area contributed by atoms with Crippen molar-refractivity contribution in [3.63, 3.8) is 0 Å². The van der Waals surface area contributed by atoms with E-state index in [9.17, 15) is 0 Å². The van der Waals surface area contributed by atoms with Crippen LogP contribution in [0.3, 0.4) is 0 Å². The third kappa shape index (κ3) is 3.20. The lowest BCUT2D eigenvalue weighted by molar-refractivity contribution is 0.673. The average Bonchev–Trinajstić information content (AvgIpc) is 3.62. The van der Waals surface area contributed by atoms with Gasteiger partial charge in [-0.2, -0.15) is 0 Å². The van der Waals surface area contributed by atoms with E-state index < -0.39 is 0 Å². The van der Waals surface area contributed by atoms with Crippen LogP contribution in [-0.4, -0.2) is 4.57 Å². The Morgan fingerprint density at radius 2 is 1.05 bits per heavy atom. The van der Waals surface area contributed by atoms with Crippen LogP contribution in [0.1, 0.15) is 0 Å². The van der Waals surface area contributed by atoms with Gasteiger partial charge in [-0.05, 0) is 91.0 Å². The zero-order chi connectivity index (χ0) is 28.8. The first kappa shape index (κ1) is 23.7. The SMILES string of the molecule is c1ccc(-c2ccc3ccc4c(-c5ccc6c(c5)c5oc7ccccc7c5n6-c5ccccc5)ccc5ccc2c3c54)cc1. The van der Waals surface area contributed by atoms with Crippen LogP contribution in [0.4, 0.5) is 0 Å². The van der Waals surface area contributed by atoms with Crippen LogP contribution in [0.25, 0.3) is 93.2 Å². The van der Waals surface area contributed by atoms with E-state index in [0.29, 0.717) is 0 Å². The van der Waals surface area contributed by atoms with Crippen molar-refractivity contribution in [1.82, 2.24) is 4.57 Å². The predicted molar refractivity (Wildman–Crippen MR) is 185 cm³/mol. The number of para-hydroxylation sites is 2. The number of fused-ring (bicyclic) bond motifs is 5. The van der Waals surface area contributed by atoms with Gasteiger partial charge in [0.15, 0.2) is 5.58 Å². The molecule has 0 spiro atoms. The minimum atomic E-state index is 0.909. The van der Waals surface area contributed by atoms with Gasteiger partial charge in [0.1, 0.15) is 11.1 Å². The van der Waals surface area contributed by atoms with Gasteiger partial charge in [0.2, 0.25) is 0 Å². The van der Waals surface area contributed by atoms with E-state index in [2.05, 4.69) is 150 Å². The van der Waals surface area contributed by atoms with Gasteiger partial charge < -0.3 is 8.98 Å². The largest absolute Gasteiger partial charge is 0.454 e. The number of aromatic nitrogens is 1. The number of rotatable bonds is 3. The molecule has 204 valence electrons. The maximum Gasteiger partial charge on any atom is 0.161 e. The molecule has 10 aromatic rings. The summed E-state index contributed by atoms with van der Waals surface area (Å²) in [5.74, 6) is 0. The van der Waals surface area contributed by atoms with Crippen LogP contribution in [0.2, 0.25) is 0 Å². The molecule has 0 N–H and O–H groups in total. The third-order valence-corrected chi connectivity index (χ3v) is 9.35. The lowest BCUT2D eigenvalue weighted by Gasteiger charge is -2.16. The summed E-state index contributed by atoms with van der Waals surface area (Å²) in [6, 6.07) is 54.8. The van der Waals surface area contributed by atoms with Crippen molar-refractivity contribution >= 4 is 65.3 Å². The topological polar surface area (TPSA) is 18.1 Å². The smallest absolute Gasteiger partial charge is 0.161 e. The molecule has 0 amide bonds. The fourth-order valence-electron chi connectivity index (χ4n) is 7.40. The first-order chi connectivity index (χ1) is 21.8. The van der Waals surface area contributed by atoms with E-state index in [1.165, 1.54) is 54.6 Å². The first-order valence-electron chi connectivity index (χ1n) is 15.1. The van der Waals surface area contributed by atoms with E-state index in [4.69, 9.17) is 4.42 Å². The predicted octanol–water partition coefficient (Wildman–Crippen LogP) is 11.8. The van der Waals surface area contributed by atoms with Crippen molar-refractivity contribution in [2.24, 2.45) is 0 Å². The Kier molecular flexibility index (Phi) is 4.75. The maximum absolute atomic E-state index is 6.57. The van der Waals surface area contributed by atoms with Gasteiger partial charge in [-0.3, -0.25) is 0 Å². The number of hydrogen-bond donors (Lipinski definition) is 0. The van der Waals surface area contributed by atoms with Gasteiger partial charge in [-0.25, -0.2) is 0 Å². The van der Waals surface area contributed by atoms with Crippen molar-refractivity contribution in [3.05, 3.63) is 152 Å². The van der Waals surface area contributed by atoms with Crippen molar-refractivity contribution in [2.75, 3.05) is 0 Å². The van der Waals surface area contributed by atoms with Crippen molar-refractivity contribution in [3.8, 4) is 27.9 Å². The maximum atomic E-state index is 6.57. The fraction of sp³-hybridized carbons (Fsp3) is 0. The molecular formula is C42H25NO. The number of furan rings is 1. The Bertz CT molecular complexity index is 2690. The highest BCUT2D eigenvalue weighted by molar-refractivity contribution is 6.28. The molecule has 2 aromatic heterocycles. The van der Waals surface area contributed by atoms with Crippen LogP contribution in [-0.2, 0) is 0 Å². The zero-order valence-electron chi connectivity index (χ0n) is 23.8. The quantitative estimate of drug-likeness (QED) is 0.197. The summed E-state index contributed by atoms with van der Waals surface area (Å²) in [6.45, 7) is 0. The van der Waals surface area contributed by atoms with Gasteiger partial charge >= 0.3 is 0 Å². The van der Waals surface area contributed by atoms with E-state index >= 15 is 0 Å². The molecule has 0 radical (unpaired) electrons. The second kappa shape index (κ2) is 8.82. The van der Waals surface area contributed by atoms with Crippen molar-refractivity contribution in [1.29, 1.82) is 0 Å². The molecule has 0 saturated heterocycles. The van der Waals surface area contributed by atoms with Gasteiger partial charge in [0.25, 0.3) is 0 Å². The number of benzene rings is 8. The third-order valence-electron chi connectivity index (χ3n) is 9.35. The number of nitrogens with zero attached hydrogens (tertiary/aromatic N) is 1. The first-order valence-corrected chi connectivity index (χ1v) is 15.1. The lowest BCUT2D eigenvalue weighted by atomic mass is 9.87. The molecule has 0 aliphatic heterocycles. The minimum Gasteiger partial charge on any atom is -0.454 e. The summed E-state index contributed by atoms with van der Waals surface area (Å²) in [7, 11) is 0.